The van der Waals surface area contributed by atoms with Gasteiger partial charge < -0.3 is 19.6 Å². The van der Waals surface area contributed by atoms with Crippen LogP contribution in [0.15, 0.2) is 48.5 Å². The van der Waals surface area contributed by atoms with Crippen LogP contribution in [0.1, 0.15) is 6.92 Å². The first kappa shape index (κ1) is 18.1. The fourth-order valence-electron chi connectivity index (χ4n) is 2.89. The Labute approximate surface area is 156 Å². The number of anilines is 1. The molecule has 26 heavy (non-hydrogen) atoms. The SMILES string of the molecule is C[C@H]1CN(c2ccccc2Cl)C(=O)CN1C(=O)COc1ccccc1O. The van der Waals surface area contributed by atoms with E-state index < -0.39 is 0 Å². The van der Waals surface area contributed by atoms with Gasteiger partial charge in [-0.05, 0) is 31.2 Å². The maximum absolute atomic E-state index is 12.5. The number of nitrogens with zero attached hydrogens (tertiary/aromatic N) is 2. The number of piperazine rings is 1. The van der Waals surface area contributed by atoms with E-state index in [1.165, 1.54) is 11.0 Å². The second kappa shape index (κ2) is 7.66. The zero-order chi connectivity index (χ0) is 18.7. The fourth-order valence-corrected chi connectivity index (χ4v) is 3.13. The first-order chi connectivity index (χ1) is 12.5. The van der Waals surface area contributed by atoms with Crippen molar-refractivity contribution in [2.24, 2.45) is 0 Å². The molecule has 3 rings (SSSR count). The molecule has 1 saturated heterocycles. The molecule has 0 aromatic heterocycles. The van der Waals surface area contributed by atoms with Gasteiger partial charge in [0.2, 0.25) is 5.91 Å². The van der Waals surface area contributed by atoms with Gasteiger partial charge in [-0.15, -0.1) is 0 Å². The van der Waals surface area contributed by atoms with Gasteiger partial charge >= 0.3 is 0 Å². The van der Waals surface area contributed by atoms with Crippen LogP contribution in [-0.2, 0) is 9.59 Å². The topological polar surface area (TPSA) is 70.1 Å². The molecule has 1 aliphatic rings. The third-order valence-corrected chi connectivity index (χ3v) is 4.59. The molecule has 0 unspecified atom stereocenters. The molecule has 0 saturated carbocycles. The zero-order valence-corrected chi connectivity index (χ0v) is 15.0. The van der Waals surface area contributed by atoms with Crippen molar-refractivity contribution in [2.45, 2.75) is 13.0 Å². The molecule has 0 bridgehead atoms. The first-order valence-electron chi connectivity index (χ1n) is 8.22. The van der Waals surface area contributed by atoms with Crippen LogP contribution in [0.3, 0.4) is 0 Å². The summed E-state index contributed by atoms with van der Waals surface area (Å²) in [6.07, 6.45) is 0. The van der Waals surface area contributed by atoms with Gasteiger partial charge in [0.25, 0.3) is 5.91 Å². The number of carbonyl (C=O) groups excluding carboxylic acids is 2. The van der Waals surface area contributed by atoms with E-state index in [0.717, 1.165) is 0 Å². The summed E-state index contributed by atoms with van der Waals surface area (Å²) in [5.41, 5.74) is 0.642. The van der Waals surface area contributed by atoms with Crippen molar-refractivity contribution in [3.8, 4) is 11.5 Å². The molecule has 1 heterocycles. The Kier molecular flexibility index (Phi) is 5.32. The Bertz CT molecular complexity index is 827. The number of carbonyl (C=O) groups is 2. The van der Waals surface area contributed by atoms with Crippen LogP contribution < -0.4 is 9.64 Å². The van der Waals surface area contributed by atoms with Crippen molar-refractivity contribution in [2.75, 3.05) is 24.6 Å². The first-order valence-corrected chi connectivity index (χ1v) is 8.60. The van der Waals surface area contributed by atoms with Gasteiger partial charge in [-0.25, -0.2) is 0 Å². The molecule has 0 aliphatic carbocycles. The van der Waals surface area contributed by atoms with Gasteiger partial charge in [0.05, 0.1) is 10.7 Å². The summed E-state index contributed by atoms with van der Waals surface area (Å²) < 4.78 is 5.38. The summed E-state index contributed by atoms with van der Waals surface area (Å²) in [5, 5.41) is 10.2. The monoisotopic (exact) mass is 374 g/mol. The van der Waals surface area contributed by atoms with Crippen LogP contribution >= 0.6 is 11.6 Å². The van der Waals surface area contributed by atoms with E-state index >= 15 is 0 Å². The number of ether oxygens (including phenoxy) is 1. The van der Waals surface area contributed by atoms with Crippen molar-refractivity contribution in [3.05, 3.63) is 53.6 Å². The number of hydrogen-bond donors (Lipinski definition) is 1. The van der Waals surface area contributed by atoms with E-state index in [1.54, 1.807) is 41.3 Å². The van der Waals surface area contributed by atoms with Crippen LogP contribution in [0.25, 0.3) is 0 Å². The number of rotatable bonds is 4. The summed E-state index contributed by atoms with van der Waals surface area (Å²) in [5.74, 6) is -0.317. The van der Waals surface area contributed by atoms with Crippen LogP contribution in [0.2, 0.25) is 5.02 Å². The Morgan fingerprint density at radius 2 is 1.92 bits per heavy atom. The lowest BCUT2D eigenvalue weighted by Gasteiger charge is -2.39. The normalized spacial score (nSPS) is 17.3. The summed E-state index contributed by atoms with van der Waals surface area (Å²) in [7, 11) is 0. The number of aromatic hydroxyl groups is 1. The molecule has 6 nitrogen and oxygen atoms in total. The van der Waals surface area contributed by atoms with E-state index in [0.29, 0.717) is 17.3 Å². The Morgan fingerprint density at radius 3 is 2.65 bits per heavy atom. The number of benzene rings is 2. The predicted molar refractivity (Wildman–Crippen MR) is 98.6 cm³/mol. The zero-order valence-electron chi connectivity index (χ0n) is 14.3. The predicted octanol–water partition coefficient (Wildman–Crippen LogP) is 2.69. The molecule has 1 N–H and O–H groups in total. The number of hydrogen-bond acceptors (Lipinski definition) is 4. The smallest absolute Gasteiger partial charge is 0.261 e. The van der Waals surface area contributed by atoms with E-state index in [-0.39, 0.29) is 42.5 Å². The van der Waals surface area contributed by atoms with Crippen molar-refractivity contribution in [1.29, 1.82) is 0 Å². The highest BCUT2D eigenvalue weighted by molar-refractivity contribution is 6.33. The molecule has 0 spiro atoms. The Hall–Kier alpha value is -2.73. The lowest BCUT2D eigenvalue weighted by Crippen LogP contribution is -2.58. The molecule has 1 atom stereocenters. The second-order valence-corrected chi connectivity index (χ2v) is 6.49. The van der Waals surface area contributed by atoms with Crippen LogP contribution in [0.5, 0.6) is 11.5 Å². The third-order valence-electron chi connectivity index (χ3n) is 4.27. The van der Waals surface area contributed by atoms with Gasteiger partial charge in [0.1, 0.15) is 6.54 Å². The summed E-state index contributed by atoms with van der Waals surface area (Å²) >= 11 is 6.18. The summed E-state index contributed by atoms with van der Waals surface area (Å²) in [6.45, 7) is 1.93. The van der Waals surface area contributed by atoms with Crippen molar-refractivity contribution < 1.29 is 19.4 Å². The minimum absolute atomic E-state index is 0.0343. The highest BCUT2D eigenvalue weighted by Crippen LogP contribution is 2.28. The quantitative estimate of drug-likeness (QED) is 0.893. The number of amides is 2. The van der Waals surface area contributed by atoms with E-state index in [9.17, 15) is 14.7 Å². The number of para-hydroxylation sites is 3. The van der Waals surface area contributed by atoms with Gasteiger partial charge in [-0.1, -0.05) is 35.9 Å². The van der Waals surface area contributed by atoms with Crippen LogP contribution in [0, 0.1) is 0 Å². The van der Waals surface area contributed by atoms with E-state index in [2.05, 4.69) is 0 Å². The maximum Gasteiger partial charge on any atom is 0.261 e. The van der Waals surface area contributed by atoms with E-state index in [4.69, 9.17) is 16.3 Å². The lowest BCUT2D eigenvalue weighted by molar-refractivity contribution is -0.141. The number of halogens is 1. The van der Waals surface area contributed by atoms with Crippen LogP contribution in [0.4, 0.5) is 5.69 Å². The molecule has 1 aliphatic heterocycles. The minimum Gasteiger partial charge on any atom is -0.504 e. The van der Waals surface area contributed by atoms with Gasteiger partial charge in [0.15, 0.2) is 18.1 Å². The number of phenolic OH excluding ortho intramolecular Hbond substituents is 1. The van der Waals surface area contributed by atoms with E-state index in [1.807, 2.05) is 13.0 Å². The second-order valence-electron chi connectivity index (χ2n) is 6.08. The van der Waals surface area contributed by atoms with Crippen molar-refractivity contribution >= 4 is 29.1 Å². The highest BCUT2D eigenvalue weighted by atomic mass is 35.5. The third kappa shape index (κ3) is 3.75. The van der Waals surface area contributed by atoms with Crippen molar-refractivity contribution in [3.63, 3.8) is 0 Å². The highest BCUT2D eigenvalue weighted by Gasteiger charge is 2.34. The summed E-state index contributed by atoms with van der Waals surface area (Å²) in [6, 6.07) is 13.4. The minimum atomic E-state index is -0.312. The molecule has 2 aromatic carbocycles. The maximum atomic E-state index is 12.5. The molecule has 2 amide bonds. The van der Waals surface area contributed by atoms with Gasteiger partial charge in [0, 0.05) is 12.6 Å². The summed E-state index contributed by atoms with van der Waals surface area (Å²) in [4.78, 5) is 28.1. The molecule has 7 heteroatoms. The average molecular weight is 375 g/mol. The van der Waals surface area contributed by atoms with Crippen LogP contribution in [-0.4, -0.2) is 47.6 Å². The standard InChI is InChI=1S/C19H19ClN2O4/c1-13-10-22(15-7-3-2-6-14(15)20)18(24)11-21(13)19(25)12-26-17-9-5-4-8-16(17)23/h2-9,13,23H,10-12H2,1H3/t13-/m0/s1. The fraction of sp³-hybridized carbons (Fsp3) is 0.263. The molecule has 136 valence electrons. The van der Waals surface area contributed by atoms with Gasteiger partial charge in [-0.3, -0.25) is 9.59 Å². The molecular formula is C19H19ClN2O4. The average Bonchev–Trinajstić information content (AvgIpc) is 2.63. The van der Waals surface area contributed by atoms with Gasteiger partial charge in [-0.2, -0.15) is 0 Å². The molecule has 1 fully saturated rings. The molecular weight excluding hydrogens is 356 g/mol. The largest absolute Gasteiger partial charge is 0.504 e. The lowest BCUT2D eigenvalue weighted by atomic mass is 10.1. The molecule has 0 radical (unpaired) electrons. The Balaban J connectivity index is 1.66. The molecule has 2 aromatic rings. The number of phenols is 1. The Morgan fingerprint density at radius 1 is 1.23 bits per heavy atom. The van der Waals surface area contributed by atoms with Crippen molar-refractivity contribution in [1.82, 2.24) is 4.90 Å².